The standard InChI is InChI=1S/C15H24ClN3O3S/c1-3-4-5-13(10-17)18-15(20)11(2)19-23(21,22)14-8-6-12(16)7-9-14/h6-9,11,13,19H,3-5,10,17H2,1-2H3,(H,18,20). The smallest absolute Gasteiger partial charge is 0.241 e. The van der Waals surface area contributed by atoms with Gasteiger partial charge in [-0.2, -0.15) is 4.72 Å². The molecule has 130 valence electrons. The number of benzene rings is 1. The number of amides is 1. The molecule has 0 saturated carbocycles. The molecular weight excluding hydrogens is 338 g/mol. The summed E-state index contributed by atoms with van der Waals surface area (Å²) >= 11 is 5.74. The number of carbonyl (C=O) groups excluding carboxylic acids is 1. The van der Waals surface area contributed by atoms with Crippen molar-refractivity contribution < 1.29 is 13.2 Å². The maximum Gasteiger partial charge on any atom is 0.241 e. The number of carbonyl (C=O) groups is 1. The fourth-order valence-corrected chi connectivity index (χ4v) is 3.32. The largest absolute Gasteiger partial charge is 0.351 e. The first kappa shape index (κ1) is 19.9. The molecule has 0 heterocycles. The van der Waals surface area contributed by atoms with E-state index < -0.39 is 22.0 Å². The summed E-state index contributed by atoms with van der Waals surface area (Å²) in [6.45, 7) is 3.87. The van der Waals surface area contributed by atoms with E-state index >= 15 is 0 Å². The molecule has 0 spiro atoms. The summed E-state index contributed by atoms with van der Waals surface area (Å²) in [5, 5.41) is 3.21. The summed E-state index contributed by atoms with van der Waals surface area (Å²) in [6, 6.07) is 4.70. The summed E-state index contributed by atoms with van der Waals surface area (Å²) in [6.07, 6.45) is 2.73. The van der Waals surface area contributed by atoms with Gasteiger partial charge in [-0.25, -0.2) is 8.42 Å². The van der Waals surface area contributed by atoms with E-state index in [1.165, 1.54) is 31.2 Å². The first-order valence-electron chi connectivity index (χ1n) is 7.58. The summed E-state index contributed by atoms with van der Waals surface area (Å²) in [4.78, 5) is 12.2. The van der Waals surface area contributed by atoms with E-state index in [-0.39, 0.29) is 10.9 Å². The van der Waals surface area contributed by atoms with Gasteiger partial charge in [-0.15, -0.1) is 0 Å². The molecule has 1 amide bonds. The summed E-state index contributed by atoms with van der Waals surface area (Å²) < 4.78 is 26.8. The average molecular weight is 362 g/mol. The average Bonchev–Trinajstić information content (AvgIpc) is 2.51. The van der Waals surface area contributed by atoms with Gasteiger partial charge in [0.05, 0.1) is 10.9 Å². The van der Waals surface area contributed by atoms with Crippen LogP contribution in [0.5, 0.6) is 0 Å². The second-order valence-corrected chi connectivity index (χ2v) is 7.53. The Balaban J connectivity index is 2.68. The van der Waals surface area contributed by atoms with Crippen LogP contribution in [0.15, 0.2) is 29.2 Å². The Bertz CT molecular complexity index is 605. The van der Waals surface area contributed by atoms with E-state index in [4.69, 9.17) is 17.3 Å². The molecule has 23 heavy (non-hydrogen) atoms. The third-order valence-electron chi connectivity index (χ3n) is 3.39. The number of rotatable bonds is 9. The minimum Gasteiger partial charge on any atom is -0.351 e. The Hall–Kier alpha value is -1.15. The second kappa shape index (κ2) is 9.22. The van der Waals surface area contributed by atoms with E-state index in [1.54, 1.807) is 0 Å². The first-order chi connectivity index (χ1) is 10.8. The minimum absolute atomic E-state index is 0.0582. The van der Waals surface area contributed by atoms with Gasteiger partial charge in [-0.3, -0.25) is 4.79 Å². The van der Waals surface area contributed by atoms with Crippen molar-refractivity contribution in [3.63, 3.8) is 0 Å². The fraction of sp³-hybridized carbons (Fsp3) is 0.533. The molecule has 2 atom stereocenters. The molecular formula is C15H24ClN3O3S. The second-order valence-electron chi connectivity index (χ2n) is 5.38. The predicted molar refractivity (Wildman–Crippen MR) is 91.7 cm³/mol. The monoisotopic (exact) mass is 361 g/mol. The molecule has 1 aromatic carbocycles. The van der Waals surface area contributed by atoms with Crippen LogP contribution in [0, 0.1) is 0 Å². The molecule has 0 bridgehead atoms. The number of sulfonamides is 1. The summed E-state index contributed by atoms with van der Waals surface area (Å²) in [7, 11) is -3.78. The molecule has 0 aromatic heterocycles. The highest BCUT2D eigenvalue weighted by molar-refractivity contribution is 7.89. The zero-order chi connectivity index (χ0) is 17.5. The lowest BCUT2D eigenvalue weighted by atomic mass is 10.1. The zero-order valence-corrected chi connectivity index (χ0v) is 15.0. The van der Waals surface area contributed by atoms with Gasteiger partial charge in [0.1, 0.15) is 0 Å². The molecule has 8 heteroatoms. The highest BCUT2D eigenvalue weighted by atomic mass is 35.5. The van der Waals surface area contributed by atoms with Crippen molar-refractivity contribution in [1.29, 1.82) is 0 Å². The van der Waals surface area contributed by atoms with Crippen LogP contribution in [0.3, 0.4) is 0 Å². The SMILES string of the molecule is CCCCC(CN)NC(=O)C(C)NS(=O)(=O)c1ccc(Cl)cc1. The van der Waals surface area contributed by atoms with Crippen LogP contribution in [-0.4, -0.2) is 33.0 Å². The first-order valence-corrected chi connectivity index (χ1v) is 9.44. The van der Waals surface area contributed by atoms with E-state index in [1.807, 2.05) is 0 Å². The maximum absolute atomic E-state index is 12.2. The molecule has 1 aromatic rings. The highest BCUT2D eigenvalue weighted by Gasteiger charge is 2.23. The Morgan fingerprint density at radius 1 is 1.30 bits per heavy atom. The van der Waals surface area contributed by atoms with Gasteiger partial charge < -0.3 is 11.1 Å². The van der Waals surface area contributed by atoms with Gasteiger partial charge in [0.25, 0.3) is 0 Å². The van der Waals surface area contributed by atoms with Crippen molar-refractivity contribution in [2.45, 2.75) is 50.1 Å². The molecule has 0 aliphatic heterocycles. The van der Waals surface area contributed by atoms with Crippen LogP contribution >= 0.6 is 11.6 Å². The topological polar surface area (TPSA) is 101 Å². The lowest BCUT2D eigenvalue weighted by Crippen LogP contribution is -2.49. The number of unbranched alkanes of at least 4 members (excludes halogenated alkanes) is 1. The lowest BCUT2D eigenvalue weighted by Gasteiger charge is -2.20. The number of nitrogens with two attached hydrogens (primary N) is 1. The number of hydrogen-bond donors (Lipinski definition) is 3. The van der Waals surface area contributed by atoms with Gasteiger partial charge in [0.2, 0.25) is 15.9 Å². The van der Waals surface area contributed by atoms with Crippen molar-refractivity contribution in [3.05, 3.63) is 29.3 Å². The zero-order valence-electron chi connectivity index (χ0n) is 13.4. The molecule has 1 rings (SSSR count). The molecule has 4 N–H and O–H groups in total. The fourth-order valence-electron chi connectivity index (χ4n) is 1.99. The van der Waals surface area contributed by atoms with Gasteiger partial charge in [0.15, 0.2) is 0 Å². The Morgan fingerprint density at radius 2 is 1.91 bits per heavy atom. The van der Waals surface area contributed by atoms with Gasteiger partial charge >= 0.3 is 0 Å². The van der Waals surface area contributed by atoms with Crippen LogP contribution in [0.1, 0.15) is 33.1 Å². The van der Waals surface area contributed by atoms with E-state index in [0.29, 0.717) is 11.6 Å². The summed E-state index contributed by atoms with van der Waals surface area (Å²) in [5.74, 6) is -0.394. The van der Waals surface area contributed by atoms with Crippen LogP contribution in [-0.2, 0) is 14.8 Å². The number of nitrogens with one attached hydrogen (secondary N) is 2. The molecule has 6 nitrogen and oxygen atoms in total. The molecule has 2 unspecified atom stereocenters. The molecule has 0 saturated heterocycles. The summed E-state index contributed by atoms with van der Waals surface area (Å²) in [5.41, 5.74) is 5.63. The normalized spacial score (nSPS) is 14.3. The van der Waals surface area contributed by atoms with Gasteiger partial charge in [0, 0.05) is 17.6 Å². The van der Waals surface area contributed by atoms with Crippen LogP contribution < -0.4 is 15.8 Å². The molecule has 0 aliphatic carbocycles. The quantitative estimate of drug-likeness (QED) is 0.622. The Kier molecular flexibility index (Phi) is 7.98. The van der Waals surface area contributed by atoms with Crippen molar-refractivity contribution in [1.82, 2.24) is 10.0 Å². The number of hydrogen-bond acceptors (Lipinski definition) is 4. The third-order valence-corrected chi connectivity index (χ3v) is 5.19. The van der Waals surface area contributed by atoms with Crippen molar-refractivity contribution in [2.75, 3.05) is 6.54 Å². The number of halogens is 1. The van der Waals surface area contributed by atoms with Crippen molar-refractivity contribution in [2.24, 2.45) is 5.73 Å². The lowest BCUT2D eigenvalue weighted by molar-refractivity contribution is -0.123. The predicted octanol–water partition coefficient (Wildman–Crippen LogP) is 1.64. The Labute approximate surface area is 142 Å². The van der Waals surface area contributed by atoms with Gasteiger partial charge in [-0.05, 0) is 37.6 Å². The minimum atomic E-state index is -3.78. The van der Waals surface area contributed by atoms with Crippen LogP contribution in [0.25, 0.3) is 0 Å². The van der Waals surface area contributed by atoms with E-state index in [2.05, 4.69) is 17.0 Å². The van der Waals surface area contributed by atoms with Gasteiger partial charge in [-0.1, -0.05) is 31.4 Å². The van der Waals surface area contributed by atoms with E-state index in [9.17, 15) is 13.2 Å². The Morgan fingerprint density at radius 3 is 2.43 bits per heavy atom. The molecule has 0 radical (unpaired) electrons. The van der Waals surface area contributed by atoms with Crippen molar-refractivity contribution >= 4 is 27.5 Å². The maximum atomic E-state index is 12.2. The molecule has 0 aliphatic rings. The van der Waals surface area contributed by atoms with Crippen molar-refractivity contribution in [3.8, 4) is 0 Å². The van der Waals surface area contributed by atoms with Crippen LogP contribution in [0.4, 0.5) is 0 Å². The van der Waals surface area contributed by atoms with Crippen LogP contribution in [0.2, 0.25) is 5.02 Å². The third kappa shape index (κ3) is 6.47. The molecule has 0 fully saturated rings. The van der Waals surface area contributed by atoms with E-state index in [0.717, 1.165) is 19.3 Å². The highest BCUT2D eigenvalue weighted by Crippen LogP contribution is 2.14.